The molecular weight excluding hydrogens is 715 g/mol. The van der Waals surface area contributed by atoms with Gasteiger partial charge < -0.3 is 5.32 Å². The Labute approximate surface area is 350 Å². The van der Waals surface area contributed by atoms with Crippen molar-refractivity contribution >= 4 is 17.2 Å². The van der Waals surface area contributed by atoms with E-state index in [2.05, 4.69) is 221 Å². The second kappa shape index (κ2) is 17.3. The zero-order valence-electron chi connectivity index (χ0n) is 34.7. The summed E-state index contributed by atoms with van der Waals surface area (Å²) >= 11 is 0. The Hall–Kier alpha value is -6.84. The highest BCUT2D eigenvalue weighted by atomic mass is 15.0. The van der Waals surface area contributed by atoms with Crippen molar-refractivity contribution in [1.82, 2.24) is 5.32 Å². The monoisotopic (exact) mass is 765 g/mol. The number of fused-ring (bicyclic) bond motifs is 3. The third-order valence-corrected chi connectivity index (χ3v) is 11.3. The maximum absolute atomic E-state index is 5.48. The molecule has 0 saturated heterocycles. The summed E-state index contributed by atoms with van der Waals surface area (Å²) in [5.41, 5.74) is 17.4. The van der Waals surface area contributed by atoms with Gasteiger partial charge in [-0.1, -0.05) is 166 Å². The fourth-order valence-corrected chi connectivity index (χ4v) is 8.36. The molecule has 0 saturated carbocycles. The second-order valence-corrected chi connectivity index (χ2v) is 15.7. The van der Waals surface area contributed by atoms with E-state index in [-0.39, 0.29) is 5.41 Å². The van der Waals surface area contributed by atoms with E-state index in [4.69, 9.17) is 9.98 Å². The highest BCUT2D eigenvalue weighted by molar-refractivity contribution is 6.12. The Morgan fingerprint density at radius 3 is 1.71 bits per heavy atom. The van der Waals surface area contributed by atoms with Crippen molar-refractivity contribution in [2.45, 2.75) is 46.1 Å². The molecule has 3 nitrogen and oxygen atoms in total. The van der Waals surface area contributed by atoms with Crippen molar-refractivity contribution in [3.8, 4) is 44.5 Å². The molecule has 290 valence electrons. The van der Waals surface area contributed by atoms with Gasteiger partial charge in [0.05, 0.1) is 6.54 Å². The number of amidine groups is 2. The highest BCUT2D eigenvalue weighted by Gasteiger charge is 2.35. The molecule has 0 heterocycles. The van der Waals surface area contributed by atoms with Crippen LogP contribution in [0.3, 0.4) is 0 Å². The molecule has 0 aliphatic heterocycles. The van der Waals surface area contributed by atoms with Crippen molar-refractivity contribution < 1.29 is 0 Å². The van der Waals surface area contributed by atoms with Gasteiger partial charge in [0.2, 0.25) is 0 Å². The fraction of sp³-hybridized carbons (Fsp3) is 0.143. The molecule has 0 bridgehead atoms. The van der Waals surface area contributed by atoms with Gasteiger partial charge in [-0.2, -0.15) is 0 Å². The van der Waals surface area contributed by atoms with E-state index in [1.165, 1.54) is 39.0 Å². The van der Waals surface area contributed by atoms with E-state index in [1.807, 2.05) is 7.05 Å². The number of benzene rings is 7. The number of nitrogens with one attached hydrogen (secondary N) is 1. The summed E-state index contributed by atoms with van der Waals surface area (Å²) in [4.78, 5) is 10.9. The van der Waals surface area contributed by atoms with Gasteiger partial charge in [-0.25, -0.2) is 4.99 Å². The minimum Gasteiger partial charge on any atom is -0.373 e. The molecule has 0 spiro atoms. The van der Waals surface area contributed by atoms with E-state index in [9.17, 15) is 0 Å². The third-order valence-electron chi connectivity index (χ3n) is 11.3. The predicted octanol–water partition coefficient (Wildman–Crippen LogP) is 14.0. The van der Waals surface area contributed by atoms with Crippen LogP contribution in [0, 0.1) is 0 Å². The van der Waals surface area contributed by atoms with Crippen LogP contribution in [0.2, 0.25) is 0 Å². The van der Waals surface area contributed by atoms with Crippen LogP contribution in [-0.4, -0.2) is 18.7 Å². The van der Waals surface area contributed by atoms with Gasteiger partial charge in [-0.15, -0.1) is 0 Å². The van der Waals surface area contributed by atoms with Crippen LogP contribution in [-0.2, 0) is 12.0 Å². The van der Waals surface area contributed by atoms with Crippen LogP contribution < -0.4 is 5.32 Å². The van der Waals surface area contributed by atoms with Crippen LogP contribution in [0.25, 0.3) is 50.1 Å². The van der Waals surface area contributed by atoms with E-state index in [1.54, 1.807) is 0 Å². The van der Waals surface area contributed by atoms with Gasteiger partial charge >= 0.3 is 0 Å². The van der Waals surface area contributed by atoms with Gasteiger partial charge in [0, 0.05) is 23.6 Å². The van der Waals surface area contributed by atoms with Crippen LogP contribution in [0.4, 0.5) is 0 Å². The molecule has 0 radical (unpaired) electrons. The Bertz CT molecular complexity index is 2660. The first kappa shape index (κ1) is 39.0. The average Bonchev–Trinajstić information content (AvgIpc) is 3.52. The van der Waals surface area contributed by atoms with E-state index >= 15 is 0 Å². The van der Waals surface area contributed by atoms with Gasteiger partial charge in [0.15, 0.2) is 5.84 Å². The summed E-state index contributed by atoms with van der Waals surface area (Å²) in [6, 6.07) is 61.0. The van der Waals surface area contributed by atoms with Crippen molar-refractivity contribution in [2.75, 3.05) is 7.05 Å². The van der Waals surface area contributed by atoms with E-state index in [0.29, 0.717) is 12.4 Å². The molecule has 3 heteroatoms. The van der Waals surface area contributed by atoms with Crippen molar-refractivity contribution in [3.05, 3.63) is 221 Å². The number of hydrogen-bond acceptors (Lipinski definition) is 1. The molecule has 7 aromatic rings. The molecule has 0 aromatic heterocycles. The van der Waals surface area contributed by atoms with Gasteiger partial charge in [0.1, 0.15) is 5.84 Å². The van der Waals surface area contributed by atoms with Gasteiger partial charge in [-0.05, 0) is 128 Å². The van der Waals surface area contributed by atoms with Crippen LogP contribution in [0.15, 0.2) is 198 Å². The Balaban J connectivity index is 1.31. The summed E-state index contributed by atoms with van der Waals surface area (Å²) in [5.74, 6) is 1.44. The Morgan fingerprint density at radius 1 is 0.559 bits per heavy atom. The first-order chi connectivity index (χ1) is 28.9. The number of allylic oxidation sites excluding steroid dienone is 4. The molecule has 7 aromatic carbocycles. The molecule has 0 atom stereocenters. The molecule has 1 N–H and O–H groups in total. The SMILES string of the molecule is C/C=C\C(=C/CC)c1cc(C(=N/Cc2cc(-c3ccccc3)cc(-c3ccccc3)c2)/N=C(\NC)c2ccc3c(c2)C(C)(C)c2ccccc2-3)cc(-c2ccccc2)c1. The van der Waals surface area contributed by atoms with E-state index < -0.39 is 0 Å². The molecule has 59 heavy (non-hydrogen) atoms. The first-order valence-corrected chi connectivity index (χ1v) is 20.7. The van der Waals surface area contributed by atoms with Crippen LogP contribution in [0.5, 0.6) is 0 Å². The second-order valence-electron chi connectivity index (χ2n) is 15.7. The lowest BCUT2D eigenvalue weighted by molar-refractivity contribution is 0.660. The highest BCUT2D eigenvalue weighted by Crippen LogP contribution is 2.48. The van der Waals surface area contributed by atoms with E-state index in [0.717, 1.165) is 56.8 Å². The smallest absolute Gasteiger partial charge is 0.157 e. The zero-order chi connectivity index (χ0) is 40.8. The minimum absolute atomic E-state index is 0.133. The molecule has 8 rings (SSSR count). The minimum atomic E-state index is -0.133. The maximum Gasteiger partial charge on any atom is 0.157 e. The predicted molar refractivity (Wildman–Crippen MR) is 252 cm³/mol. The van der Waals surface area contributed by atoms with Crippen molar-refractivity contribution in [3.63, 3.8) is 0 Å². The Kier molecular flexibility index (Phi) is 11.5. The average molecular weight is 766 g/mol. The Morgan fingerprint density at radius 2 is 1.12 bits per heavy atom. The molecule has 1 aliphatic carbocycles. The lowest BCUT2D eigenvalue weighted by Gasteiger charge is -2.22. The summed E-state index contributed by atoms with van der Waals surface area (Å²) < 4.78 is 0. The quantitative estimate of drug-likeness (QED) is 0.0840. The normalized spacial score (nSPS) is 13.7. The molecule has 0 fully saturated rings. The summed E-state index contributed by atoms with van der Waals surface area (Å²) in [6.45, 7) is 9.35. The lowest BCUT2D eigenvalue weighted by Crippen LogP contribution is -2.23. The zero-order valence-corrected chi connectivity index (χ0v) is 34.7. The topological polar surface area (TPSA) is 36.8 Å². The summed E-state index contributed by atoms with van der Waals surface area (Å²) in [5, 5.41) is 3.49. The maximum atomic E-state index is 5.48. The van der Waals surface area contributed by atoms with Crippen LogP contribution >= 0.6 is 0 Å². The van der Waals surface area contributed by atoms with Gasteiger partial charge in [-0.3, -0.25) is 4.99 Å². The van der Waals surface area contributed by atoms with Crippen molar-refractivity contribution in [1.29, 1.82) is 0 Å². The number of aliphatic imine (C=N–C) groups is 2. The molecule has 0 unspecified atom stereocenters. The fourth-order valence-electron chi connectivity index (χ4n) is 8.36. The number of nitrogens with zero attached hydrogens (tertiary/aromatic N) is 2. The first-order valence-electron chi connectivity index (χ1n) is 20.7. The standard InChI is InChI=1S/C56H51N3/c1-6-19-40(20-7-2)47-34-48(43-25-15-10-16-26-43)36-49(35-47)55(59-54(57-5)44-29-30-51-50-27-17-18-28-52(50)56(3,4)53(51)37-44)58-38-39-31-45(41-21-11-8-12-22-41)33-46(32-39)42-23-13-9-14-24-42/h6,8-37H,7,38H2,1-5H3,(H,57,58,59)/b19-6-,40-20+. The molecule has 1 aliphatic rings. The molecule has 0 amide bonds. The number of rotatable bonds is 10. The third kappa shape index (κ3) is 8.29. The number of hydrogen-bond donors (Lipinski definition) is 1. The van der Waals surface area contributed by atoms with Gasteiger partial charge in [0.25, 0.3) is 0 Å². The largest absolute Gasteiger partial charge is 0.373 e. The van der Waals surface area contributed by atoms with Crippen LogP contribution in [0.1, 0.15) is 67.5 Å². The lowest BCUT2D eigenvalue weighted by atomic mass is 9.82. The summed E-state index contributed by atoms with van der Waals surface area (Å²) in [7, 11) is 1.96. The van der Waals surface area contributed by atoms with Crippen molar-refractivity contribution in [2.24, 2.45) is 9.98 Å². The summed E-state index contributed by atoms with van der Waals surface area (Å²) in [6.07, 6.45) is 7.52. The molecular formula is C56H51N3.